The lowest BCUT2D eigenvalue weighted by atomic mass is 10.1. The number of halogens is 1. The van der Waals surface area contributed by atoms with Crippen molar-refractivity contribution in [1.29, 1.82) is 0 Å². The Morgan fingerprint density at radius 3 is 2.47 bits per heavy atom. The summed E-state index contributed by atoms with van der Waals surface area (Å²) in [6.07, 6.45) is 4.55. The van der Waals surface area contributed by atoms with Crippen LogP contribution in [0.25, 0.3) is 0 Å². The van der Waals surface area contributed by atoms with E-state index in [2.05, 4.69) is 34.2 Å². The number of nitrogens with zero attached hydrogens (tertiary/aromatic N) is 2. The fraction of sp³-hybridized carbons (Fsp3) is 0.200. The molecule has 0 saturated heterocycles. The summed E-state index contributed by atoms with van der Waals surface area (Å²) in [6.45, 7) is 0. The Labute approximate surface area is 120 Å². The van der Waals surface area contributed by atoms with Gasteiger partial charge in [0.15, 0.2) is 5.82 Å². The highest BCUT2D eigenvalue weighted by molar-refractivity contribution is 5.85. The second kappa shape index (κ2) is 8.27. The molecular formula is C15H18ClN3. The minimum atomic E-state index is 0. The topological polar surface area (TPSA) is 51.3 Å². The van der Waals surface area contributed by atoms with Crippen LogP contribution in [0.3, 0.4) is 0 Å². The van der Waals surface area contributed by atoms with E-state index >= 15 is 0 Å². The molecule has 0 fully saturated rings. The number of aromatic nitrogens is 1. The molecule has 0 aliphatic heterocycles. The molecule has 2 aromatic rings. The summed E-state index contributed by atoms with van der Waals surface area (Å²) >= 11 is 0. The van der Waals surface area contributed by atoms with Crippen LogP contribution in [0.15, 0.2) is 59.7 Å². The number of amidine groups is 1. The smallest absolute Gasteiger partial charge is 0.153 e. The van der Waals surface area contributed by atoms with Crippen molar-refractivity contribution in [2.24, 2.45) is 10.7 Å². The highest BCUT2D eigenvalue weighted by atomic mass is 35.5. The molecule has 0 aliphatic carbocycles. The van der Waals surface area contributed by atoms with Crippen molar-refractivity contribution in [3.8, 4) is 0 Å². The summed E-state index contributed by atoms with van der Waals surface area (Å²) in [5, 5.41) is 0. The lowest BCUT2D eigenvalue weighted by Gasteiger charge is -2.01. The highest BCUT2D eigenvalue weighted by Gasteiger charge is 1.96. The molecule has 0 atom stereocenters. The number of pyridine rings is 1. The predicted molar refractivity (Wildman–Crippen MR) is 82.1 cm³/mol. The number of hydrogen-bond donors (Lipinski definition) is 1. The van der Waals surface area contributed by atoms with Gasteiger partial charge in [-0.2, -0.15) is 0 Å². The third-order valence-corrected chi connectivity index (χ3v) is 2.65. The second-order valence-corrected chi connectivity index (χ2v) is 4.13. The number of benzene rings is 1. The van der Waals surface area contributed by atoms with Gasteiger partial charge in [0, 0.05) is 12.6 Å². The molecule has 0 unspecified atom stereocenters. The minimum absolute atomic E-state index is 0. The molecular weight excluding hydrogens is 258 g/mol. The molecule has 1 heterocycles. The number of aryl methyl sites for hydroxylation is 1. The molecule has 0 spiro atoms. The normalized spacial score (nSPS) is 10.8. The van der Waals surface area contributed by atoms with Gasteiger partial charge in [-0.25, -0.2) is 9.98 Å². The quantitative estimate of drug-likeness (QED) is 0.670. The first-order valence-electron chi connectivity index (χ1n) is 6.12. The minimum Gasteiger partial charge on any atom is -0.387 e. The van der Waals surface area contributed by atoms with Crippen LogP contribution in [-0.4, -0.2) is 10.8 Å². The maximum atomic E-state index is 5.88. The van der Waals surface area contributed by atoms with Crippen molar-refractivity contribution >= 4 is 24.1 Å². The Hall–Kier alpha value is -1.87. The monoisotopic (exact) mass is 275 g/mol. The van der Waals surface area contributed by atoms with E-state index in [1.54, 1.807) is 6.20 Å². The first-order chi connectivity index (χ1) is 8.84. The summed E-state index contributed by atoms with van der Waals surface area (Å²) in [5.74, 6) is 1.32. The average Bonchev–Trinajstić information content (AvgIpc) is 2.41. The zero-order valence-electron chi connectivity index (χ0n) is 10.7. The van der Waals surface area contributed by atoms with Crippen LogP contribution < -0.4 is 5.73 Å². The molecule has 2 rings (SSSR count). The summed E-state index contributed by atoms with van der Waals surface area (Å²) in [7, 11) is 0. The van der Waals surface area contributed by atoms with Gasteiger partial charge in [0.2, 0.25) is 0 Å². The van der Waals surface area contributed by atoms with Gasteiger partial charge >= 0.3 is 0 Å². The summed E-state index contributed by atoms with van der Waals surface area (Å²) in [6, 6.07) is 16.0. The predicted octanol–water partition coefficient (Wildman–Crippen LogP) is 3.52. The Morgan fingerprint density at radius 1 is 1.05 bits per heavy atom. The molecule has 4 heteroatoms. The van der Waals surface area contributed by atoms with Crippen molar-refractivity contribution in [2.45, 2.75) is 19.3 Å². The second-order valence-electron chi connectivity index (χ2n) is 4.13. The zero-order valence-corrected chi connectivity index (χ0v) is 11.5. The maximum absolute atomic E-state index is 5.88. The Bertz CT molecular complexity index is 497. The van der Waals surface area contributed by atoms with Crippen molar-refractivity contribution < 1.29 is 0 Å². The summed E-state index contributed by atoms with van der Waals surface area (Å²) < 4.78 is 0. The van der Waals surface area contributed by atoms with Crippen molar-refractivity contribution in [3.05, 3.63) is 60.3 Å². The first-order valence-corrected chi connectivity index (χ1v) is 6.12. The molecule has 1 aromatic carbocycles. The molecule has 0 aliphatic rings. The molecule has 19 heavy (non-hydrogen) atoms. The first kappa shape index (κ1) is 15.2. The SMILES string of the molecule is Cl.N/C(CCCc1ccccc1)=N\c1ccccn1. The van der Waals surface area contributed by atoms with Crippen molar-refractivity contribution in [2.75, 3.05) is 0 Å². The lowest BCUT2D eigenvalue weighted by molar-refractivity contribution is 0.860. The van der Waals surface area contributed by atoms with Crippen LogP contribution in [0.4, 0.5) is 5.82 Å². The number of aliphatic imine (C=N–C) groups is 1. The van der Waals surface area contributed by atoms with E-state index < -0.39 is 0 Å². The van der Waals surface area contributed by atoms with Crippen LogP contribution in [-0.2, 0) is 6.42 Å². The van der Waals surface area contributed by atoms with E-state index in [1.807, 2.05) is 24.3 Å². The molecule has 100 valence electrons. The van der Waals surface area contributed by atoms with Crippen molar-refractivity contribution in [1.82, 2.24) is 4.98 Å². The van der Waals surface area contributed by atoms with Crippen LogP contribution in [0, 0.1) is 0 Å². The summed E-state index contributed by atoms with van der Waals surface area (Å²) in [4.78, 5) is 8.39. The van der Waals surface area contributed by atoms with Gasteiger partial charge in [-0.3, -0.25) is 0 Å². The Morgan fingerprint density at radius 2 is 1.79 bits per heavy atom. The number of rotatable bonds is 5. The van der Waals surface area contributed by atoms with Gasteiger partial charge < -0.3 is 5.73 Å². The zero-order chi connectivity index (χ0) is 12.6. The van der Waals surface area contributed by atoms with Crippen LogP contribution in [0.5, 0.6) is 0 Å². The molecule has 1 aromatic heterocycles. The molecule has 2 N–H and O–H groups in total. The number of hydrogen-bond acceptors (Lipinski definition) is 2. The Kier molecular flexibility index (Phi) is 6.61. The standard InChI is InChI=1S/C15H17N3.ClH/c16-14(18-15-11-4-5-12-17-15)10-6-9-13-7-2-1-3-8-13;/h1-5,7-8,11-12H,6,9-10H2,(H2,16,17,18);1H. The van der Waals surface area contributed by atoms with Crippen LogP contribution in [0.2, 0.25) is 0 Å². The van der Waals surface area contributed by atoms with Gasteiger partial charge in [0.05, 0.1) is 0 Å². The lowest BCUT2D eigenvalue weighted by Crippen LogP contribution is -2.11. The van der Waals surface area contributed by atoms with Crippen LogP contribution >= 0.6 is 12.4 Å². The van der Waals surface area contributed by atoms with E-state index in [9.17, 15) is 0 Å². The van der Waals surface area contributed by atoms with Gasteiger partial charge in [-0.05, 0) is 30.5 Å². The highest BCUT2D eigenvalue weighted by Crippen LogP contribution is 2.08. The Balaban J connectivity index is 0.00000180. The molecule has 0 bridgehead atoms. The van der Waals surface area contributed by atoms with E-state index in [4.69, 9.17) is 5.73 Å². The third kappa shape index (κ3) is 5.53. The van der Waals surface area contributed by atoms with Gasteiger partial charge in [-0.1, -0.05) is 36.4 Å². The fourth-order valence-corrected chi connectivity index (χ4v) is 1.74. The van der Waals surface area contributed by atoms with Gasteiger partial charge in [0.1, 0.15) is 5.84 Å². The summed E-state index contributed by atoms with van der Waals surface area (Å²) in [5.41, 5.74) is 7.22. The average molecular weight is 276 g/mol. The van der Waals surface area contributed by atoms with Gasteiger partial charge in [0.25, 0.3) is 0 Å². The van der Waals surface area contributed by atoms with E-state index in [1.165, 1.54) is 5.56 Å². The third-order valence-electron chi connectivity index (χ3n) is 2.65. The molecule has 0 amide bonds. The van der Waals surface area contributed by atoms with E-state index in [-0.39, 0.29) is 12.4 Å². The molecule has 0 saturated carbocycles. The fourth-order valence-electron chi connectivity index (χ4n) is 1.74. The van der Waals surface area contributed by atoms with E-state index in [0.717, 1.165) is 19.3 Å². The van der Waals surface area contributed by atoms with Gasteiger partial charge in [-0.15, -0.1) is 12.4 Å². The van der Waals surface area contributed by atoms with Crippen LogP contribution in [0.1, 0.15) is 18.4 Å². The molecule has 3 nitrogen and oxygen atoms in total. The maximum Gasteiger partial charge on any atom is 0.153 e. The van der Waals surface area contributed by atoms with Crippen molar-refractivity contribution in [3.63, 3.8) is 0 Å². The number of nitrogens with two attached hydrogens (primary N) is 1. The molecule has 0 radical (unpaired) electrons. The van der Waals surface area contributed by atoms with E-state index in [0.29, 0.717) is 11.7 Å². The largest absolute Gasteiger partial charge is 0.387 e.